The number of aromatic nitrogens is 2. The van der Waals surface area contributed by atoms with Crippen LogP contribution in [0.15, 0.2) is 40.5 Å². The fraction of sp³-hybridized carbons (Fsp3) is 0.222. The Kier molecular flexibility index (Phi) is 4.05. The van der Waals surface area contributed by atoms with Gasteiger partial charge in [0.05, 0.1) is 12.2 Å². The number of rotatable bonds is 3. The molecule has 7 nitrogen and oxygen atoms in total. The van der Waals surface area contributed by atoms with Crippen molar-refractivity contribution in [3.63, 3.8) is 0 Å². The summed E-state index contributed by atoms with van der Waals surface area (Å²) in [4.78, 5) is 43.8. The number of benzene rings is 1. The van der Waals surface area contributed by atoms with E-state index in [0.29, 0.717) is 21.2 Å². The van der Waals surface area contributed by atoms with E-state index in [1.165, 1.54) is 21.8 Å². The molecule has 1 aromatic carbocycles. The molecule has 1 unspecified atom stereocenters. The topological polar surface area (TPSA) is 83.8 Å². The third kappa shape index (κ3) is 2.81. The van der Waals surface area contributed by atoms with Crippen molar-refractivity contribution >= 4 is 39.8 Å². The third-order valence-corrected chi connectivity index (χ3v) is 5.84. The molecule has 3 amide bonds. The SMILES string of the molecule is Cc1csc2nc(CN3C(=O)NC(C)(c4ccc(Cl)cc4)C3=O)cc(=O)n12. The second kappa shape index (κ2) is 6.17. The van der Waals surface area contributed by atoms with Crippen LogP contribution in [-0.2, 0) is 16.9 Å². The molecular weight excluding hydrogens is 388 g/mol. The molecule has 1 saturated heterocycles. The summed E-state index contributed by atoms with van der Waals surface area (Å²) >= 11 is 7.24. The van der Waals surface area contributed by atoms with Crippen LogP contribution in [0.1, 0.15) is 23.9 Å². The van der Waals surface area contributed by atoms with Crippen molar-refractivity contribution in [1.29, 1.82) is 0 Å². The second-order valence-electron chi connectivity index (χ2n) is 6.53. The summed E-state index contributed by atoms with van der Waals surface area (Å²) in [7, 11) is 0. The Morgan fingerprint density at radius 1 is 1.22 bits per heavy atom. The van der Waals surface area contributed by atoms with Gasteiger partial charge in [-0.15, -0.1) is 11.3 Å². The number of nitrogens with zero attached hydrogens (tertiary/aromatic N) is 3. The number of fused-ring (bicyclic) bond motifs is 1. The fourth-order valence-electron chi connectivity index (χ4n) is 3.16. The van der Waals surface area contributed by atoms with Crippen molar-refractivity contribution in [2.75, 3.05) is 0 Å². The predicted molar refractivity (Wildman–Crippen MR) is 102 cm³/mol. The van der Waals surface area contributed by atoms with E-state index in [0.717, 1.165) is 10.6 Å². The molecule has 9 heteroatoms. The Balaban J connectivity index is 1.67. The molecule has 138 valence electrons. The molecule has 1 aliphatic rings. The van der Waals surface area contributed by atoms with Crippen molar-refractivity contribution in [3.8, 4) is 0 Å². The number of thiazole rings is 1. The lowest BCUT2D eigenvalue weighted by Crippen LogP contribution is -2.40. The number of amides is 3. The van der Waals surface area contributed by atoms with E-state index in [2.05, 4.69) is 10.3 Å². The number of carbonyl (C=O) groups is 2. The Morgan fingerprint density at radius 2 is 1.93 bits per heavy atom. The first-order chi connectivity index (χ1) is 12.8. The van der Waals surface area contributed by atoms with Gasteiger partial charge in [0.1, 0.15) is 5.54 Å². The molecule has 0 spiro atoms. The van der Waals surface area contributed by atoms with E-state index in [-0.39, 0.29) is 12.1 Å². The van der Waals surface area contributed by atoms with Gasteiger partial charge in [-0.2, -0.15) is 0 Å². The number of hydrogen-bond acceptors (Lipinski definition) is 5. The molecule has 3 aromatic rings. The molecule has 1 atom stereocenters. The molecule has 2 aromatic heterocycles. The first kappa shape index (κ1) is 17.7. The Morgan fingerprint density at radius 3 is 2.63 bits per heavy atom. The van der Waals surface area contributed by atoms with Crippen LogP contribution in [-0.4, -0.2) is 26.2 Å². The molecule has 0 radical (unpaired) electrons. The Hall–Kier alpha value is -2.71. The summed E-state index contributed by atoms with van der Waals surface area (Å²) < 4.78 is 1.50. The molecule has 1 N–H and O–H groups in total. The molecule has 27 heavy (non-hydrogen) atoms. The van der Waals surface area contributed by atoms with Crippen molar-refractivity contribution in [2.45, 2.75) is 25.9 Å². The van der Waals surface area contributed by atoms with Crippen LogP contribution in [0.4, 0.5) is 4.79 Å². The van der Waals surface area contributed by atoms with E-state index in [4.69, 9.17) is 11.6 Å². The standard InChI is InChI=1S/C18H15ClN4O3S/c1-10-9-27-17-20-13(7-14(24)23(10)17)8-22-15(25)18(2,21-16(22)26)11-3-5-12(19)6-4-11/h3-7,9H,8H2,1-2H3,(H,21,26). The molecule has 1 aliphatic heterocycles. The highest BCUT2D eigenvalue weighted by molar-refractivity contribution is 7.15. The van der Waals surface area contributed by atoms with Crippen LogP contribution in [0.5, 0.6) is 0 Å². The van der Waals surface area contributed by atoms with Gasteiger partial charge >= 0.3 is 6.03 Å². The average Bonchev–Trinajstić information content (AvgIpc) is 3.09. The summed E-state index contributed by atoms with van der Waals surface area (Å²) in [5.74, 6) is -0.404. The zero-order valence-corrected chi connectivity index (χ0v) is 16.1. The highest BCUT2D eigenvalue weighted by atomic mass is 35.5. The maximum atomic E-state index is 13.0. The lowest BCUT2D eigenvalue weighted by atomic mass is 9.92. The lowest BCUT2D eigenvalue weighted by molar-refractivity contribution is -0.131. The van der Waals surface area contributed by atoms with Crippen LogP contribution < -0.4 is 10.9 Å². The van der Waals surface area contributed by atoms with E-state index < -0.39 is 17.5 Å². The zero-order valence-electron chi connectivity index (χ0n) is 14.5. The van der Waals surface area contributed by atoms with Crippen LogP contribution in [0.25, 0.3) is 4.96 Å². The Labute approximate surface area is 163 Å². The number of carbonyl (C=O) groups excluding carboxylic acids is 2. The van der Waals surface area contributed by atoms with Gasteiger partial charge in [0, 0.05) is 22.2 Å². The highest BCUT2D eigenvalue weighted by Crippen LogP contribution is 2.30. The summed E-state index contributed by atoms with van der Waals surface area (Å²) in [5.41, 5.74) is 0.363. The number of hydrogen-bond donors (Lipinski definition) is 1. The number of aryl methyl sites for hydroxylation is 1. The summed E-state index contributed by atoms with van der Waals surface area (Å²) in [5, 5.41) is 5.10. The third-order valence-electron chi connectivity index (χ3n) is 4.65. The smallest absolute Gasteiger partial charge is 0.319 e. The molecule has 1 fully saturated rings. The normalized spacial score (nSPS) is 19.7. The maximum absolute atomic E-state index is 13.0. The Bertz CT molecular complexity index is 1140. The van der Waals surface area contributed by atoms with Gasteiger partial charge in [-0.05, 0) is 31.5 Å². The van der Waals surface area contributed by atoms with E-state index in [9.17, 15) is 14.4 Å². The van der Waals surface area contributed by atoms with Gasteiger partial charge in [0.15, 0.2) is 4.96 Å². The van der Waals surface area contributed by atoms with Crippen LogP contribution in [0, 0.1) is 6.92 Å². The van der Waals surface area contributed by atoms with Gasteiger partial charge in [-0.1, -0.05) is 23.7 Å². The van der Waals surface area contributed by atoms with Crippen LogP contribution >= 0.6 is 22.9 Å². The van der Waals surface area contributed by atoms with Crippen LogP contribution in [0.3, 0.4) is 0 Å². The van der Waals surface area contributed by atoms with Gasteiger partial charge in [-0.3, -0.25) is 18.9 Å². The fourth-order valence-corrected chi connectivity index (χ4v) is 4.18. The first-order valence-corrected chi connectivity index (χ1v) is 9.42. The van der Waals surface area contributed by atoms with Crippen LogP contribution in [0.2, 0.25) is 5.02 Å². The first-order valence-electron chi connectivity index (χ1n) is 8.16. The van der Waals surface area contributed by atoms with E-state index in [1.807, 2.05) is 12.3 Å². The number of halogens is 1. The van der Waals surface area contributed by atoms with E-state index >= 15 is 0 Å². The van der Waals surface area contributed by atoms with Crippen molar-refractivity contribution in [3.05, 3.63) is 68.0 Å². The average molecular weight is 403 g/mol. The van der Waals surface area contributed by atoms with Crippen molar-refractivity contribution < 1.29 is 9.59 Å². The van der Waals surface area contributed by atoms with Gasteiger partial charge in [-0.25, -0.2) is 9.78 Å². The molecular formula is C18H15ClN4O3S. The number of nitrogens with one attached hydrogen (secondary N) is 1. The number of urea groups is 1. The zero-order chi connectivity index (χ0) is 19.3. The quantitative estimate of drug-likeness (QED) is 0.683. The minimum Gasteiger partial charge on any atom is -0.319 e. The molecule has 4 rings (SSSR count). The summed E-state index contributed by atoms with van der Waals surface area (Å²) in [6.45, 7) is 3.39. The summed E-state index contributed by atoms with van der Waals surface area (Å²) in [6, 6.07) is 7.57. The van der Waals surface area contributed by atoms with E-state index in [1.54, 1.807) is 31.2 Å². The highest BCUT2D eigenvalue weighted by Gasteiger charge is 2.49. The summed E-state index contributed by atoms with van der Waals surface area (Å²) in [6.07, 6.45) is 0. The molecule has 0 bridgehead atoms. The molecule has 0 aliphatic carbocycles. The van der Waals surface area contributed by atoms with Gasteiger partial charge < -0.3 is 5.32 Å². The van der Waals surface area contributed by atoms with Crippen molar-refractivity contribution in [1.82, 2.24) is 19.6 Å². The minimum atomic E-state index is -1.19. The maximum Gasteiger partial charge on any atom is 0.325 e. The lowest BCUT2D eigenvalue weighted by Gasteiger charge is -2.22. The van der Waals surface area contributed by atoms with Crippen molar-refractivity contribution in [2.24, 2.45) is 0 Å². The largest absolute Gasteiger partial charge is 0.325 e. The monoisotopic (exact) mass is 402 g/mol. The number of imide groups is 1. The molecule has 3 heterocycles. The molecule has 0 saturated carbocycles. The van der Waals surface area contributed by atoms with Gasteiger partial charge in [0.25, 0.3) is 11.5 Å². The van der Waals surface area contributed by atoms with Gasteiger partial charge in [0.2, 0.25) is 0 Å². The second-order valence-corrected chi connectivity index (χ2v) is 7.81. The predicted octanol–water partition coefficient (Wildman–Crippen LogP) is 2.69. The minimum absolute atomic E-state index is 0.0729.